The second-order valence-corrected chi connectivity index (χ2v) is 5.71. The van der Waals surface area contributed by atoms with Crippen LogP contribution in [0.1, 0.15) is 18.4 Å². The summed E-state index contributed by atoms with van der Waals surface area (Å²) < 4.78 is 5.51. The van der Waals surface area contributed by atoms with E-state index < -0.39 is 0 Å². The van der Waals surface area contributed by atoms with E-state index in [-0.39, 0.29) is 5.41 Å². The monoisotopic (exact) mass is 243 g/mol. The van der Waals surface area contributed by atoms with Crippen LogP contribution in [-0.4, -0.2) is 29.2 Å². The second-order valence-electron chi connectivity index (χ2n) is 5.71. The van der Waals surface area contributed by atoms with E-state index in [4.69, 9.17) is 10.5 Å². The summed E-state index contributed by atoms with van der Waals surface area (Å²) in [7, 11) is 0. The molecule has 2 fully saturated rings. The molecule has 1 aromatic heterocycles. The molecule has 4 heteroatoms. The standard InChI is InChI=1S/C14H17N3O/c15-11-3-10(4-11)14(6-18-7-14)9-1-2-12-13(5-9)17-8-16-12/h1-2,5,8,10-11H,3-4,6-7,15H2,(H,16,17). The number of imidazole rings is 1. The first-order valence-corrected chi connectivity index (χ1v) is 6.55. The van der Waals surface area contributed by atoms with Crippen LogP contribution >= 0.6 is 0 Å². The zero-order chi connectivity index (χ0) is 12.2. The summed E-state index contributed by atoms with van der Waals surface area (Å²) in [6.45, 7) is 1.67. The molecular formula is C14H17N3O. The summed E-state index contributed by atoms with van der Waals surface area (Å²) in [6.07, 6.45) is 4.01. The van der Waals surface area contributed by atoms with E-state index in [1.165, 1.54) is 5.56 Å². The molecule has 3 N–H and O–H groups in total. The van der Waals surface area contributed by atoms with Crippen LogP contribution in [0.3, 0.4) is 0 Å². The van der Waals surface area contributed by atoms with Gasteiger partial charge in [-0.1, -0.05) is 6.07 Å². The third-order valence-corrected chi connectivity index (χ3v) is 4.67. The SMILES string of the molecule is NC1CC(C2(c3ccc4nc[nH]c4c3)COC2)C1. The first-order valence-electron chi connectivity index (χ1n) is 6.55. The van der Waals surface area contributed by atoms with E-state index in [0.29, 0.717) is 12.0 Å². The maximum atomic E-state index is 5.94. The van der Waals surface area contributed by atoms with E-state index in [0.717, 1.165) is 37.1 Å². The fourth-order valence-corrected chi connectivity index (χ4v) is 3.32. The van der Waals surface area contributed by atoms with Crippen molar-refractivity contribution < 1.29 is 4.74 Å². The Bertz CT molecular complexity index is 581. The molecule has 4 nitrogen and oxygen atoms in total. The molecule has 18 heavy (non-hydrogen) atoms. The lowest BCUT2D eigenvalue weighted by Gasteiger charge is -2.53. The average Bonchev–Trinajstić information content (AvgIpc) is 2.72. The van der Waals surface area contributed by atoms with E-state index in [1.54, 1.807) is 6.33 Å². The van der Waals surface area contributed by atoms with Gasteiger partial charge in [-0.25, -0.2) is 4.98 Å². The lowest BCUT2D eigenvalue weighted by Crippen LogP contribution is -2.58. The van der Waals surface area contributed by atoms with Gasteiger partial charge in [-0.2, -0.15) is 0 Å². The molecule has 94 valence electrons. The van der Waals surface area contributed by atoms with Crippen molar-refractivity contribution in [2.75, 3.05) is 13.2 Å². The highest BCUT2D eigenvalue weighted by molar-refractivity contribution is 5.75. The summed E-state index contributed by atoms with van der Waals surface area (Å²) in [5.74, 6) is 0.682. The van der Waals surface area contributed by atoms with Crippen molar-refractivity contribution in [2.24, 2.45) is 11.7 Å². The van der Waals surface area contributed by atoms with Crippen molar-refractivity contribution in [3.8, 4) is 0 Å². The summed E-state index contributed by atoms with van der Waals surface area (Å²) in [6, 6.07) is 6.92. The Kier molecular flexibility index (Phi) is 2.08. The summed E-state index contributed by atoms with van der Waals surface area (Å²) >= 11 is 0. The third-order valence-electron chi connectivity index (χ3n) is 4.67. The molecule has 1 aliphatic heterocycles. The zero-order valence-electron chi connectivity index (χ0n) is 10.2. The van der Waals surface area contributed by atoms with Crippen LogP contribution in [0, 0.1) is 5.92 Å². The van der Waals surface area contributed by atoms with Crippen LogP contribution in [0.2, 0.25) is 0 Å². The van der Waals surface area contributed by atoms with E-state index in [2.05, 4.69) is 28.2 Å². The molecule has 0 spiro atoms. The number of ether oxygens (including phenoxy) is 1. The van der Waals surface area contributed by atoms with Gasteiger partial charge in [0.15, 0.2) is 0 Å². The second kappa shape index (κ2) is 3.56. The van der Waals surface area contributed by atoms with Crippen LogP contribution < -0.4 is 5.73 Å². The van der Waals surface area contributed by atoms with Crippen LogP contribution in [0.25, 0.3) is 11.0 Å². The fraction of sp³-hybridized carbons (Fsp3) is 0.500. The molecule has 0 amide bonds. The Morgan fingerprint density at radius 3 is 2.83 bits per heavy atom. The van der Waals surface area contributed by atoms with Crippen LogP contribution in [0.4, 0.5) is 0 Å². The van der Waals surface area contributed by atoms with Gasteiger partial charge in [-0.3, -0.25) is 0 Å². The molecule has 1 saturated heterocycles. The number of nitrogens with two attached hydrogens (primary N) is 1. The average molecular weight is 243 g/mol. The Morgan fingerprint density at radius 2 is 2.17 bits per heavy atom. The minimum atomic E-state index is 0.204. The predicted molar refractivity (Wildman–Crippen MR) is 69.3 cm³/mol. The minimum Gasteiger partial charge on any atom is -0.379 e. The number of rotatable bonds is 2. The number of nitrogens with one attached hydrogen (secondary N) is 1. The van der Waals surface area contributed by atoms with Crippen LogP contribution in [0.5, 0.6) is 0 Å². The normalized spacial score (nSPS) is 29.8. The van der Waals surface area contributed by atoms with Gasteiger partial charge in [-0.15, -0.1) is 0 Å². The van der Waals surface area contributed by atoms with Crippen molar-refractivity contribution in [2.45, 2.75) is 24.3 Å². The smallest absolute Gasteiger partial charge is 0.0931 e. The highest BCUT2D eigenvalue weighted by Gasteiger charge is 2.51. The molecule has 0 atom stereocenters. The van der Waals surface area contributed by atoms with Crippen molar-refractivity contribution in [1.29, 1.82) is 0 Å². The van der Waals surface area contributed by atoms with Gasteiger partial charge in [0, 0.05) is 11.5 Å². The summed E-state index contributed by atoms with van der Waals surface area (Å²) in [4.78, 5) is 7.46. The lowest BCUT2D eigenvalue weighted by atomic mass is 9.59. The Labute approximate surface area is 106 Å². The molecule has 4 rings (SSSR count). The van der Waals surface area contributed by atoms with Gasteiger partial charge in [-0.05, 0) is 36.5 Å². The fourth-order valence-electron chi connectivity index (χ4n) is 3.32. The van der Waals surface area contributed by atoms with Gasteiger partial charge in [0.05, 0.1) is 30.6 Å². The van der Waals surface area contributed by atoms with E-state index in [1.807, 2.05) is 0 Å². The number of benzene rings is 1. The van der Waals surface area contributed by atoms with Gasteiger partial charge >= 0.3 is 0 Å². The van der Waals surface area contributed by atoms with Crippen molar-refractivity contribution in [3.05, 3.63) is 30.1 Å². The first-order chi connectivity index (χ1) is 8.78. The first kappa shape index (κ1) is 10.5. The number of aromatic nitrogens is 2. The number of hydrogen-bond donors (Lipinski definition) is 2. The molecule has 0 radical (unpaired) electrons. The van der Waals surface area contributed by atoms with E-state index in [9.17, 15) is 0 Å². The lowest BCUT2D eigenvalue weighted by molar-refractivity contribution is -0.111. The van der Waals surface area contributed by atoms with Crippen LogP contribution in [-0.2, 0) is 10.2 Å². The molecule has 2 heterocycles. The molecule has 0 bridgehead atoms. The minimum absolute atomic E-state index is 0.204. The Hall–Kier alpha value is -1.39. The molecular weight excluding hydrogens is 226 g/mol. The predicted octanol–water partition coefficient (Wildman–Crippen LogP) is 1.57. The van der Waals surface area contributed by atoms with Gasteiger partial charge in [0.2, 0.25) is 0 Å². The summed E-state index contributed by atoms with van der Waals surface area (Å²) in [5.41, 5.74) is 9.66. The highest BCUT2D eigenvalue weighted by Crippen LogP contribution is 2.48. The van der Waals surface area contributed by atoms with E-state index >= 15 is 0 Å². The third kappa shape index (κ3) is 1.30. The van der Waals surface area contributed by atoms with Crippen molar-refractivity contribution in [1.82, 2.24) is 9.97 Å². The molecule has 2 aromatic rings. The van der Waals surface area contributed by atoms with Gasteiger partial charge in [0.25, 0.3) is 0 Å². The number of hydrogen-bond acceptors (Lipinski definition) is 3. The maximum absolute atomic E-state index is 5.94. The molecule has 1 saturated carbocycles. The molecule has 0 unspecified atom stereocenters. The largest absolute Gasteiger partial charge is 0.379 e. The van der Waals surface area contributed by atoms with Crippen molar-refractivity contribution in [3.63, 3.8) is 0 Å². The molecule has 2 aliphatic rings. The highest BCUT2D eigenvalue weighted by atomic mass is 16.5. The Morgan fingerprint density at radius 1 is 1.33 bits per heavy atom. The molecule has 1 aromatic carbocycles. The number of fused-ring (bicyclic) bond motifs is 1. The summed E-state index contributed by atoms with van der Waals surface area (Å²) in [5, 5.41) is 0. The van der Waals surface area contributed by atoms with Gasteiger partial charge < -0.3 is 15.5 Å². The van der Waals surface area contributed by atoms with Crippen LogP contribution in [0.15, 0.2) is 24.5 Å². The number of nitrogens with zero attached hydrogens (tertiary/aromatic N) is 1. The van der Waals surface area contributed by atoms with Crippen molar-refractivity contribution >= 4 is 11.0 Å². The maximum Gasteiger partial charge on any atom is 0.0931 e. The molecule has 1 aliphatic carbocycles. The topological polar surface area (TPSA) is 63.9 Å². The zero-order valence-corrected chi connectivity index (χ0v) is 10.2. The number of H-pyrrole nitrogens is 1. The quantitative estimate of drug-likeness (QED) is 0.841. The van der Waals surface area contributed by atoms with Gasteiger partial charge in [0.1, 0.15) is 0 Å². The number of aromatic amines is 1. The Balaban J connectivity index is 1.74.